The Kier molecular flexibility index (Phi) is 5.75. The molecule has 1 fully saturated rings. The molecule has 3 amide bonds. The van der Waals surface area contributed by atoms with E-state index in [4.69, 9.17) is 5.73 Å². The van der Waals surface area contributed by atoms with Crippen molar-refractivity contribution in [1.29, 1.82) is 0 Å². The van der Waals surface area contributed by atoms with Gasteiger partial charge in [-0.2, -0.15) is 0 Å². The predicted molar refractivity (Wildman–Crippen MR) is 81.6 cm³/mol. The fraction of sp³-hybridized carbons (Fsp3) is 0.500. The molecule has 1 saturated heterocycles. The number of benzene rings is 1. The Balaban J connectivity index is 2.21. The monoisotopic (exact) mass is 289 g/mol. The lowest BCUT2D eigenvalue weighted by Crippen LogP contribution is -2.45. The lowest BCUT2D eigenvalue weighted by atomic mass is 10.0. The van der Waals surface area contributed by atoms with E-state index < -0.39 is 12.1 Å². The first-order valence-electron chi connectivity index (χ1n) is 7.58. The van der Waals surface area contributed by atoms with E-state index in [-0.39, 0.29) is 5.91 Å². The first-order chi connectivity index (χ1) is 10.2. The molecule has 1 aromatic rings. The van der Waals surface area contributed by atoms with Crippen molar-refractivity contribution in [3.63, 3.8) is 0 Å². The van der Waals surface area contributed by atoms with Gasteiger partial charge in [-0.05, 0) is 31.5 Å². The van der Waals surface area contributed by atoms with Crippen LogP contribution in [-0.2, 0) is 4.79 Å². The van der Waals surface area contributed by atoms with Gasteiger partial charge in [-0.3, -0.25) is 15.0 Å². The van der Waals surface area contributed by atoms with Crippen LogP contribution in [0.1, 0.15) is 43.7 Å². The topological polar surface area (TPSA) is 75.4 Å². The number of imide groups is 1. The maximum atomic E-state index is 12.4. The summed E-state index contributed by atoms with van der Waals surface area (Å²) in [5, 5.41) is 2.23. The zero-order valence-corrected chi connectivity index (χ0v) is 12.3. The highest BCUT2D eigenvalue weighted by atomic mass is 16.2. The molecule has 21 heavy (non-hydrogen) atoms. The molecule has 1 aromatic carbocycles. The van der Waals surface area contributed by atoms with Crippen LogP contribution < -0.4 is 11.1 Å². The minimum atomic E-state index is -0.798. The van der Waals surface area contributed by atoms with Crippen LogP contribution in [0.3, 0.4) is 0 Å². The number of nitrogens with two attached hydrogens (primary N) is 1. The summed E-state index contributed by atoms with van der Waals surface area (Å²) in [5.41, 5.74) is 6.01. The van der Waals surface area contributed by atoms with Crippen LogP contribution in [0.5, 0.6) is 0 Å². The summed E-state index contributed by atoms with van der Waals surface area (Å²) in [7, 11) is 0. The molecule has 2 rings (SSSR count). The summed E-state index contributed by atoms with van der Waals surface area (Å²) in [6.45, 7) is 1.73. The van der Waals surface area contributed by atoms with Crippen LogP contribution in [0, 0.1) is 0 Å². The molecule has 3 N–H and O–H groups in total. The summed E-state index contributed by atoms with van der Waals surface area (Å²) >= 11 is 0. The van der Waals surface area contributed by atoms with E-state index in [0.717, 1.165) is 31.5 Å². The molecule has 0 radical (unpaired) electrons. The van der Waals surface area contributed by atoms with Crippen LogP contribution in [0.15, 0.2) is 30.3 Å². The Morgan fingerprint density at radius 3 is 2.14 bits per heavy atom. The van der Waals surface area contributed by atoms with Crippen molar-refractivity contribution in [2.45, 2.75) is 38.1 Å². The Hall–Kier alpha value is -1.88. The summed E-state index contributed by atoms with van der Waals surface area (Å²) in [4.78, 5) is 25.6. The van der Waals surface area contributed by atoms with Crippen LogP contribution >= 0.6 is 0 Å². The molecular formula is C16H23N3O2. The molecule has 0 spiro atoms. The Morgan fingerprint density at radius 1 is 1.00 bits per heavy atom. The van der Waals surface area contributed by atoms with Crippen LogP contribution in [0.4, 0.5) is 4.79 Å². The van der Waals surface area contributed by atoms with Gasteiger partial charge in [-0.25, -0.2) is 4.79 Å². The number of primary amides is 1. The third-order valence-electron chi connectivity index (χ3n) is 3.87. The van der Waals surface area contributed by atoms with E-state index in [1.807, 2.05) is 30.3 Å². The number of carbonyl (C=O) groups is 2. The van der Waals surface area contributed by atoms with E-state index in [2.05, 4.69) is 10.2 Å². The zero-order chi connectivity index (χ0) is 15.1. The van der Waals surface area contributed by atoms with Gasteiger partial charge in [0.05, 0.1) is 0 Å². The fourth-order valence-corrected chi connectivity index (χ4v) is 2.88. The molecule has 1 aliphatic rings. The maximum Gasteiger partial charge on any atom is 0.318 e. The molecule has 1 aliphatic heterocycles. The molecule has 0 unspecified atom stereocenters. The Labute approximate surface area is 125 Å². The van der Waals surface area contributed by atoms with Gasteiger partial charge in [0.15, 0.2) is 0 Å². The Morgan fingerprint density at radius 2 is 1.57 bits per heavy atom. The van der Waals surface area contributed by atoms with Crippen LogP contribution in [-0.4, -0.2) is 29.9 Å². The number of carbonyl (C=O) groups excluding carboxylic acids is 2. The number of amides is 3. The summed E-state index contributed by atoms with van der Waals surface area (Å²) in [6, 6.07) is 8.33. The van der Waals surface area contributed by atoms with E-state index in [1.54, 1.807) is 0 Å². The number of nitrogens with one attached hydrogen (secondary N) is 1. The SMILES string of the molecule is NC(=O)NC(=O)[C@@H](c1ccccc1)N1CCCCCCC1. The van der Waals surface area contributed by atoms with Gasteiger partial charge in [0.25, 0.3) is 0 Å². The predicted octanol–water partition coefficient (Wildman–Crippen LogP) is 2.19. The first-order valence-corrected chi connectivity index (χ1v) is 7.58. The van der Waals surface area contributed by atoms with Gasteiger partial charge in [-0.15, -0.1) is 0 Å². The Bertz CT molecular complexity index is 468. The lowest BCUT2D eigenvalue weighted by Gasteiger charge is -2.32. The van der Waals surface area contributed by atoms with E-state index in [9.17, 15) is 9.59 Å². The second kappa shape index (κ2) is 7.78. The quantitative estimate of drug-likeness (QED) is 0.895. The van der Waals surface area contributed by atoms with Crippen molar-refractivity contribution in [3.05, 3.63) is 35.9 Å². The highest BCUT2D eigenvalue weighted by molar-refractivity contribution is 5.96. The van der Waals surface area contributed by atoms with Gasteiger partial charge >= 0.3 is 6.03 Å². The summed E-state index contributed by atoms with van der Waals surface area (Å²) in [5.74, 6) is -0.339. The summed E-state index contributed by atoms with van der Waals surface area (Å²) < 4.78 is 0. The molecule has 0 saturated carbocycles. The summed E-state index contributed by atoms with van der Waals surface area (Å²) in [6.07, 6.45) is 5.79. The normalized spacial score (nSPS) is 18.3. The molecular weight excluding hydrogens is 266 g/mol. The van der Waals surface area contributed by atoms with Crippen LogP contribution in [0.25, 0.3) is 0 Å². The van der Waals surface area contributed by atoms with Crippen molar-refractivity contribution < 1.29 is 9.59 Å². The number of urea groups is 1. The van der Waals surface area contributed by atoms with Crippen molar-refractivity contribution >= 4 is 11.9 Å². The molecule has 5 nitrogen and oxygen atoms in total. The van der Waals surface area contributed by atoms with E-state index in [1.165, 1.54) is 19.3 Å². The average Bonchev–Trinajstić information content (AvgIpc) is 2.41. The lowest BCUT2D eigenvalue weighted by molar-refractivity contribution is -0.125. The highest BCUT2D eigenvalue weighted by Crippen LogP contribution is 2.24. The number of rotatable bonds is 3. The smallest absolute Gasteiger partial charge is 0.318 e. The third-order valence-corrected chi connectivity index (χ3v) is 3.87. The van der Waals surface area contributed by atoms with Gasteiger partial charge < -0.3 is 5.73 Å². The van der Waals surface area contributed by atoms with Gasteiger partial charge in [-0.1, -0.05) is 49.6 Å². The third kappa shape index (κ3) is 4.56. The molecule has 5 heteroatoms. The number of nitrogens with zero attached hydrogens (tertiary/aromatic N) is 1. The number of hydrogen-bond donors (Lipinski definition) is 2. The van der Waals surface area contributed by atoms with Gasteiger partial charge in [0.1, 0.15) is 6.04 Å². The van der Waals surface area contributed by atoms with Gasteiger partial charge in [0, 0.05) is 0 Å². The fourth-order valence-electron chi connectivity index (χ4n) is 2.88. The molecule has 1 heterocycles. The molecule has 0 aliphatic carbocycles. The van der Waals surface area contributed by atoms with Crippen molar-refractivity contribution in [1.82, 2.24) is 10.2 Å². The largest absolute Gasteiger partial charge is 0.351 e. The molecule has 0 bridgehead atoms. The first kappa shape index (κ1) is 15.5. The standard InChI is InChI=1S/C16H23N3O2/c17-16(21)18-15(20)14(13-9-5-4-6-10-13)19-11-7-2-1-3-8-12-19/h4-6,9-10,14H,1-3,7-8,11-12H2,(H3,17,18,20,21)/t14-/m1/s1. The number of hydrogen-bond acceptors (Lipinski definition) is 3. The van der Waals surface area contributed by atoms with Crippen molar-refractivity contribution in [2.24, 2.45) is 5.73 Å². The maximum absolute atomic E-state index is 12.4. The minimum Gasteiger partial charge on any atom is -0.351 e. The van der Waals surface area contributed by atoms with E-state index >= 15 is 0 Å². The molecule has 114 valence electrons. The van der Waals surface area contributed by atoms with E-state index in [0.29, 0.717) is 0 Å². The zero-order valence-electron chi connectivity index (χ0n) is 12.3. The molecule has 1 atom stereocenters. The second-order valence-electron chi connectivity index (χ2n) is 5.47. The number of likely N-dealkylation sites (tertiary alicyclic amines) is 1. The minimum absolute atomic E-state index is 0.339. The van der Waals surface area contributed by atoms with Crippen LogP contribution in [0.2, 0.25) is 0 Å². The van der Waals surface area contributed by atoms with Crippen molar-refractivity contribution in [2.75, 3.05) is 13.1 Å². The average molecular weight is 289 g/mol. The molecule has 0 aromatic heterocycles. The highest BCUT2D eigenvalue weighted by Gasteiger charge is 2.28. The van der Waals surface area contributed by atoms with Gasteiger partial charge in [0.2, 0.25) is 5.91 Å². The van der Waals surface area contributed by atoms with Crippen molar-refractivity contribution in [3.8, 4) is 0 Å². The second-order valence-corrected chi connectivity index (χ2v) is 5.47.